The second-order valence-corrected chi connectivity index (χ2v) is 6.76. The van der Waals surface area contributed by atoms with Gasteiger partial charge in [-0.3, -0.25) is 4.79 Å². The van der Waals surface area contributed by atoms with Gasteiger partial charge in [-0.05, 0) is 61.6 Å². The molecule has 4 nitrogen and oxygen atoms in total. The summed E-state index contributed by atoms with van der Waals surface area (Å²) in [5.41, 5.74) is 2.74. The number of hydrogen-bond donors (Lipinski definition) is 0. The predicted molar refractivity (Wildman–Crippen MR) is 99.5 cm³/mol. The summed E-state index contributed by atoms with van der Waals surface area (Å²) in [6.45, 7) is 6.72. The Morgan fingerprint density at radius 1 is 1.30 bits per heavy atom. The molecule has 0 radical (unpaired) electrons. The Morgan fingerprint density at radius 2 is 2.00 bits per heavy atom. The van der Waals surface area contributed by atoms with Crippen LogP contribution in [0.2, 0.25) is 0 Å². The van der Waals surface area contributed by atoms with Crippen molar-refractivity contribution in [3.05, 3.63) is 50.9 Å². The Labute approximate surface area is 150 Å². The van der Waals surface area contributed by atoms with Gasteiger partial charge in [-0.25, -0.2) is 0 Å². The van der Waals surface area contributed by atoms with Crippen molar-refractivity contribution in [3.8, 4) is 5.75 Å². The Kier molecular flexibility index (Phi) is 6.24. The number of ether oxygens (including phenoxy) is 2. The molecule has 1 atom stereocenters. The number of aryl methyl sites for hydroxylation is 1. The molecule has 1 unspecified atom stereocenters. The van der Waals surface area contributed by atoms with Gasteiger partial charge in [0.1, 0.15) is 5.75 Å². The molecule has 1 aromatic heterocycles. The first kappa shape index (κ1) is 18.0. The molecular formula is C18H22INO3. The van der Waals surface area contributed by atoms with Gasteiger partial charge in [0.05, 0.1) is 16.2 Å². The minimum absolute atomic E-state index is 0.00591. The fourth-order valence-corrected chi connectivity index (χ4v) is 3.38. The molecule has 0 aliphatic carbocycles. The van der Waals surface area contributed by atoms with Crippen LogP contribution in [0.5, 0.6) is 5.75 Å². The highest BCUT2D eigenvalue weighted by molar-refractivity contribution is 14.1. The number of Topliss-reactive ketones (excluding diaryl/α,β-unsaturated/α-hetero) is 1. The lowest BCUT2D eigenvalue weighted by molar-refractivity contribution is 0.0919. The molecule has 5 heteroatoms. The zero-order valence-electron chi connectivity index (χ0n) is 13.9. The number of halogens is 1. The lowest BCUT2D eigenvalue weighted by Gasteiger charge is -2.17. The van der Waals surface area contributed by atoms with E-state index in [0.717, 1.165) is 26.3 Å². The first-order chi connectivity index (χ1) is 11.0. The van der Waals surface area contributed by atoms with Crippen molar-refractivity contribution in [3.63, 3.8) is 0 Å². The number of carbonyl (C=O) groups excluding carboxylic acids is 1. The quantitative estimate of drug-likeness (QED) is 0.492. The number of methoxy groups -OCH3 is 1. The minimum atomic E-state index is -0.00591. The summed E-state index contributed by atoms with van der Waals surface area (Å²) in [5, 5.41) is 0. The molecule has 2 aromatic rings. The van der Waals surface area contributed by atoms with E-state index >= 15 is 0 Å². The van der Waals surface area contributed by atoms with E-state index in [4.69, 9.17) is 9.47 Å². The summed E-state index contributed by atoms with van der Waals surface area (Å²) in [5.74, 6) is 0.733. The molecule has 0 spiro atoms. The van der Waals surface area contributed by atoms with Crippen LogP contribution in [0.15, 0.2) is 30.3 Å². The largest absolute Gasteiger partial charge is 0.484 e. The van der Waals surface area contributed by atoms with Crippen LogP contribution in [0, 0.1) is 17.4 Å². The van der Waals surface area contributed by atoms with Crippen LogP contribution in [-0.2, 0) is 4.74 Å². The number of carbonyl (C=O) groups is 1. The van der Waals surface area contributed by atoms with E-state index in [2.05, 4.69) is 34.1 Å². The van der Waals surface area contributed by atoms with Crippen molar-refractivity contribution in [2.45, 2.75) is 26.8 Å². The maximum absolute atomic E-state index is 12.5. The molecule has 0 aliphatic heterocycles. The van der Waals surface area contributed by atoms with Crippen LogP contribution < -0.4 is 4.74 Å². The first-order valence-corrected chi connectivity index (χ1v) is 8.61. The third kappa shape index (κ3) is 4.14. The van der Waals surface area contributed by atoms with Crippen LogP contribution in [-0.4, -0.2) is 30.7 Å². The van der Waals surface area contributed by atoms with Crippen molar-refractivity contribution in [2.75, 3.05) is 20.3 Å². The average Bonchev–Trinajstić information content (AvgIpc) is 2.81. The number of ketones is 1. The SMILES string of the molecule is COCC(C)n1c(C)cc(C(=O)COc2ccccc2I)c1C. The average molecular weight is 427 g/mol. The van der Waals surface area contributed by atoms with Gasteiger partial charge in [0, 0.05) is 24.1 Å². The molecule has 1 aromatic carbocycles. The Bertz CT molecular complexity index is 694. The molecule has 0 N–H and O–H groups in total. The van der Waals surface area contributed by atoms with Crippen LogP contribution >= 0.6 is 22.6 Å². The molecule has 124 valence electrons. The maximum atomic E-state index is 12.5. The van der Waals surface area contributed by atoms with Crippen LogP contribution in [0.1, 0.15) is 34.7 Å². The van der Waals surface area contributed by atoms with Gasteiger partial charge in [0.25, 0.3) is 0 Å². The van der Waals surface area contributed by atoms with Crippen LogP contribution in [0.25, 0.3) is 0 Å². The molecule has 23 heavy (non-hydrogen) atoms. The maximum Gasteiger partial charge on any atom is 0.202 e. The van der Waals surface area contributed by atoms with E-state index in [9.17, 15) is 4.79 Å². The highest BCUT2D eigenvalue weighted by Gasteiger charge is 2.19. The lowest BCUT2D eigenvalue weighted by atomic mass is 10.1. The van der Waals surface area contributed by atoms with Crippen LogP contribution in [0.3, 0.4) is 0 Å². The predicted octanol–water partition coefficient (Wildman–Crippen LogP) is 4.18. The van der Waals surface area contributed by atoms with Crippen molar-refractivity contribution >= 4 is 28.4 Å². The lowest BCUT2D eigenvalue weighted by Crippen LogP contribution is -2.16. The number of nitrogens with zero attached hydrogens (tertiary/aromatic N) is 1. The number of para-hydroxylation sites is 1. The molecule has 0 aliphatic rings. The zero-order chi connectivity index (χ0) is 17.0. The monoisotopic (exact) mass is 427 g/mol. The standard InChI is InChI=1S/C18H22INO3/c1-12-9-15(14(3)20(12)13(2)10-22-4)17(21)11-23-18-8-6-5-7-16(18)19/h5-9,13H,10-11H2,1-4H3. The highest BCUT2D eigenvalue weighted by atomic mass is 127. The van der Waals surface area contributed by atoms with E-state index in [0.29, 0.717) is 6.61 Å². The fourth-order valence-electron chi connectivity index (χ4n) is 2.84. The summed E-state index contributed by atoms with van der Waals surface area (Å²) in [6, 6.07) is 9.81. The molecule has 0 saturated carbocycles. The molecule has 1 heterocycles. The van der Waals surface area contributed by atoms with Crippen molar-refractivity contribution in [1.82, 2.24) is 4.57 Å². The zero-order valence-corrected chi connectivity index (χ0v) is 16.1. The van der Waals surface area contributed by atoms with Crippen molar-refractivity contribution in [1.29, 1.82) is 0 Å². The number of benzene rings is 1. The topological polar surface area (TPSA) is 40.5 Å². The minimum Gasteiger partial charge on any atom is -0.484 e. The van der Waals surface area contributed by atoms with Crippen LogP contribution in [0.4, 0.5) is 0 Å². The fraction of sp³-hybridized carbons (Fsp3) is 0.389. The summed E-state index contributed by atoms with van der Waals surface area (Å²) < 4.78 is 14.0. The Morgan fingerprint density at radius 3 is 2.65 bits per heavy atom. The van der Waals surface area contributed by atoms with E-state index < -0.39 is 0 Å². The number of rotatable bonds is 7. The van der Waals surface area contributed by atoms with E-state index in [1.807, 2.05) is 44.2 Å². The Hall–Kier alpha value is -1.34. The van der Waals surface area contributed by atoms with Crippen molar-refractivity contribution in [2.24, 2.45) is 0 Å². The normalized spacial score (nSPS) is 12.2. The number of hydrogen-bond acceptors (Lipinski definition) is 3. The summed E-state index contributed by atoms with van der Waals surface area (Å²) in [7, 11) is 1.69. The van der Waals surface area contributed by atoms with Gasteiger partial charge < -0.3 is 14.0 Å². The summed E-state index contributed by atoms with van der Waals surface area (Å²) in [6.07, 6.45) is 0. The summed E-state index contributed by atoms with van der Waals surface area (Å²) >= 11 is 2.20. The highest BCUT2D eigenvalue weighted by Crippen LogP contribution is 2.23. The second kappa shape index (κ2) is 7.97. The van der Waals surface area contributed by atoms with E-state index in [1.165, 1.54) is 0 Å². The third-order valence-corrected chi connectivity index (χ3v) is 4.72. The van der Waals surface area contributed by atoms with Gasteiger partial charge in [0.15, 0.2) is 6.61 Å². The third-order valence-electron chi connectivity index (χ3n) is 3.83. The second-order valence-electron chi connectivity index (χ2n) is 5.60. The number of aromatic nitrogens is 1. The van der Waals surface area contributed by atoms with Gasteiger partial charge in [0.2, 0.25) is 5.78 Å². The van der Waals surface area contributed by atoms with E-state index in [-0.39, 0.29) is 18.4 Å². The van der Waals surface area contributed by atoms with Gasteiger partial charge in [-0.1, -0.05) is 12.1 Å². The molecule has 0 bridgehead atoms. The molecule has 0 amide bonds. The molecule has 2 rings (SSSR count). The van der Waals surface area contributed by atoms with E-state index in [1.54, 1.807) is 7.11 Å². The van der Waals surface area contributed by atoms with Crippen molar-refractivity contribution < 1.29 is 14.3 Å². The smallest absolute Gasteiger partial charge is 0.202 e. The first-order valence-electron chi connectivity index (χ1n) is 7.53. The summed E-state index contributed by atoms with van der Waals surface area (Å²) in [4.78, 5) is 12.5. The van der Waals surface area contributed by atoms with Gasteiger partial charge in [-0.2, -0.15) is 0 Å². The van der Waals surface area contributed by atoms with Gasteiger partial charge >= 0.3 is 0 Å². The molecule has 0 saturated heterocycles. The molecule has 0 fully saturated rings. The van der Waals surface area contributed by atoms with Gasteiger partial charge in [-0.15, -0.1) is 0 Å². The Balaban J connectivity index is 2.14. The molecular weight excluding hydrogens is 405 g/mol.